The highest BCUT2D eigenvalue weighted by molar-refractivity contribution is 5.84. The van der Waals surface area contributed by atoms with E-state index >= 15 is 0 Å². The zero-order chi connectivity index (χ0) is 13.7. The molecule has 2 heterocycles. The Morgan fingerprint density at radius 2 is 2.21 bits per heavy atom. The van der Waals surface area contributed by atoms with Crippen molar-refractivity contribution >= 4 is 17.0 Å². The quantitative estimate of drug-likeness (QED) is 0.894. The van der Waals surface area contributed by atoms with Gasteiger partial charge in [0.25, 0.3) is 5.56 Å². The maximum atomic E-state index is 12.0. The fraction of sp³-hybridized carbons (Fsp3) is 0.462. The summed E-state index contributed by atoms with van der Waals surface area (Å²) in [6, 6.07) is 1.50. The first-order chi connectivity index (χ1) is 8.99. The molecule has 6 nitrogen and oxygen atoms in total. The molecule has 1 aliphatic rings. The summed E-state index contributed by atoms with van der Waals surface area (Å²) in [4.78, 5) is 22.9. The number of carbonyl (C=O) groups is 1. The predicted octanol–water partition coefficient (Wildman–Crippen LogP) is 1.01. The lowest BCUT2D eigenvalue weighted by Gasteiger charge is -2.07. The van der Waals surface area contributed by atoms with E-state index in [2.05, 4.69) is 5.10 Å². The molecule has 1 fully saturated rings. The number of fused-ring (bicyclic) bond motifs is 1. The number of hydrogen-bond donors (Lipinski definition) is 1. The molecule has 6 heteroatoms. The molecule has 0 amide bonds. The minimum Gasteiger partial charge on any atom is -0.480 e. The zero-order valence-electron chi connectivity index (χ0n) is 10.9. The Labute approximate surface area is 109 Å². The Morgan fingerprint density at radius 3 is 2.79 bits per heavy atom. The molecule has 0 spiro atoms. The Balaban J connectivity index is 2.36. The molecule has 0 radical (unpaired) electrons. The van der Waals surface area contributed by atoms with Gasteiger partial charge in [-0.1, -0.05) is 0 Å². The van der Waals surface area contributed by atoms with Gasteiger partial charge in [-0.15, -0.1) is 0 Å². The Morgan fingerprint density at radius 1 is 1.53 bits per heavy atom. The van der Waals surface area contributed by atoms with Gasteiger partial charge in [0.15, 0.2) is 0 Å². The van der Waals surface area contributed by atoms with Gasteiger partial charge in [0.05, 0.1) is 5.69 Å². The highest BCUT2D eigenvalue weighted by atomic mass is 16.4. The van der Waals surface area contributed by atoms with Crippen molar-refractivity contribution in [3.8, 4) is 0 Å². The smallest absolute Gasteiger partial charge is 0.323 e. The lowest BCUT2D eigenvalue weighted by atomic mass is 10.1. The Bertz CT molecular complexity index is 738. The first-order valence-corrected chi connectivity index (χ1v) is 6.28. The van der Waals surface area contributed by atoms with Gasteiger partial charge >= 0.3 is 5.97 Å². The largest absolute Gasteiger partial charge is 0.480 e. The number of aryl methyl sites for hydroxylation is 2. The number of rotatable bonds is 3. The third kappa shape index (κ3) is 1.83. The van der Waals surface area contributed by atoms with Crippen molar-refractivity contribution in [2.24, 2.45) is 7.05 Å². The summed E-state index contributed by atoms with van der Waals surface area (Å²) in [6.07, 6.45) is 2.23. The third-order valence-corrected chi connectivity index (χ3v) is 3.56. The summed E-state index contributed by atoms with van der Waals surface area (Å²) in [7, 11) is 1.76. The lowest BCUT2D eigenvalue weighted by Crippen LogP contribution is -2.25. The molecule has 1 aliphatic carbocycles. The summed E-state index contributed by atoms with van der Waals surface area (Å²) in [5.74, 6) is -0.570. The lowest BCUT2D eigenvalue weighted by molar-refractivity contribution is -0.137. The van der Waals surface area contributed by atoms with Crippen LogP contribution in [0, 0.1) is 6.92 Å². The average Bonchev–Trinajstić information content (AvgIpc) is 3.08. The van der Waals surface area contributed by atoms with Crippen molar-refractivity contribution in [2.75, 3.05) is 0 Å². The van der Waals surface area contributed by atoms with E-state index in [9.17, 15) is 9.59 Å². The molecule has 0 aliphatic heterocycles. The van der Waals surface area contributed by atoms with Crippen LogP contribution in [0.3, 0.4) is 0 Å². The van der Waals surface area contributed by atoms with Crippen LogP contribution in [0.1, 0.15) is 30.0 Å². The van der Waals surface area contributed by atoms with Crippen molar-refractivity contribution in [1.29, 1.82) is 0 Å². The van der Waals surface area contributed by atoms with Crippen LogP contribution >= 0.6 is 0 Å². The van der Waals surface area contributed by atoms with Gasteiger partial charge in [-0.2, -0.15) is 5.10 Å². The van der Waals surface area contributed by atoms with Crippen LogP contribution in [0.2, 0.25) is 0 Å². The van der Waals surface area contributed by atoms with Crippen molar-refractivity contribution < 1.29 is 9.90 Å². The minimum atomic E-state index is -1.03. The van der Waals surface area contributed by atoms with E-state index in [-0.39, 0.29) is 12.1 Å². The summed E-state index contributed by atoms with van der Waals surface area (Å²) in [5, 5.41) is 14.4. The molecule has 100 valence electrons. The second kappa shape index (κ2) is 3.94. The number of carboxylic acids is 1. The number of carboxylic acid groups (broad SMARTS) is 1. The molecular formula is C13H15N3O3. The van der Waals surface area contributed by atoms with Crippen molar-refractivity contribution in [3.05, 3.63) is 27.7 Å². The van der Waals surface area contributed by atoms with Crippen LogP contribution in [0.5, 0.6) is 0 Å². The third-order valence-electron chi connectivity index (χ3n) is 3.56. The molecular weight excluding hydrogens is 246 g/mol. The minimum absolute atomic E-state index is 0.294. The van der Waals surface area contributed by atoms with Gasteiger partial charge in [0, 0.05) is 24.4 Å². The maximum Gasteiger partial charge on any atom is 0.323 e. The zero-order valence-corrected chi connectivity index (χ0v) is 10.9. The number of hydrogen-bond acceptors (Lipinski definition) is 3. The van der Waals surface area contributed by atoms with Crippen LogP contribution in [0.15, 0.2) is 10.9 Å². The van der Waals surface area contributed by atoms with Crippen molar-refractivity contribution in [1.82, 2.24) is 14.3 Å². The highest BCUT2D eigenvalue weighted by Gasteiger charge is 2.30. The topological polar surface area (TPSA) is 77.1 Å². The van der Waals surface area contributed by atoms with Crippen molar-refractivity contribution in [3.63, 3.8) is 0 Å². The van der Waals surface area contributed by atoms with Gasteiger partial charge < -0.3 is 5.11 Å². The van der Waals surface area contributed by atoms with Gasteiger partial charge in [-0.25, -0.2) is 0 Å². The van der Waals surface area contributed by atoms with E-state index in [1.165, 1.54) is 10.6 Å². The molecule has 0 unspecified atom stereocenters. The molecule has 3 rings (SSSR count). The first-order valence-electron chi connectivity index (χ1n) is 6.28. The standard InChI is InChI=1S/C13H15N3O3/c1-7-5-9(17)16(6-10(18)19)13-11(7)12(8-3-4-8)14-15(13)2/h5,8H,3-4,6H2,1-2H3,(H,18,19). The number of aromatic nitrogens is 3. The van der Waals surface area contributed by atoms with Crippen LogP contribution in [-0.2, 0) is 18.4 Å². The predicted molar refractivity (Wildman–Crippen MR) is 69.3 cm³/mol. The number of nitrogens with zero attached hydrogens (tertiary/aromatic N) is 3. The van der Waals surface area contributed by atoms with Crippen molar-refractivity contribution in [2.45, 2.75) is 32.2 Å². The SMILES string of the molecule is Cc1cc(=O)n(CC(=O)O)c2c1c(C1CC1)nn2C. The Hall–Kier alpha value is -2.11. The van der Waals surface area contributed by atoms with E-state index in [0.717, 1.165) is 29.5 Å². The molecule has 1 N–H and O–H groups in total. The van der Waals surface area contributed by atoms with Crippen LogP contribution in [0.4, 0.5) is 0 Å². The fourth-order valence-corrected chi connectivity index (χ4v) is 2.59. The molecule has 0 saturated heterocycles. The molecule has 0 bridgehead atoms. The van der Waals surface area contributed by atoms with E-state index in [4.69, 9.17) is 5.11 Å². The molecule has 0 aromatic carbocycles. The van der Waals surface area contributed by atoms with Gasteiger partial charge in [-0.05, 0) is 25.3 Å². The van der Waals surface area contributed by atoms with E-state index in [1.54, 1.807) is 11.7 Å². The van der Waals surface area contributed by atoms with E-state index in [1.807, 2.05) is 6.92 Å². The maximum absolute atomic E-state index is 12.0. The second-order valence-electron chi connectivity index (χ2n) is 5.13. The summed E-state index contributed by atoms with van der Waals surface area (Å²) >= 11 is 0. The first kappa shape index (κ1) is 12.0. The van der Waals surface area contributed by atoms with Gasteiger partial charge in [0.1, 0.15) is 12.2 Å². The normalized spacial score (nSPS) is 15.1. The number of pyridine rings is 1. The molecule has 2 aromatic heterocycles. The van der Waals surface area contributed by atoms with E-state index in [0.29, 0.717) is 11.6 Å². The summed E-state index contributed by atoms with van der Waals surface area (Å²) < 4.78 is 2.91. The molecule has 0 atom stereocenters. The fourth-order valence-electron chi connectivity index (χ4n) is 2.59. The van der Waals surface area contributed by atoms with Gasteiger partial charge in [0.2, 0.25) is 0 Å². The molecule has 19 heavy (non-hydrogen) atoms. The average molecular weight is 261 g/mol. The van der Waals surface area contributed by atoms with Crippen LogP contribution in [0.25, 0.3) is 11.0 Å². The molecule has 2 aromatic rings. The Kier molecular flexibility index (Phi) is 2.48. The summed E-state index contributed by atoms with van der Waals surface area (Å²) in [5.41, 5.74) is 2.18. The second-order valence-corrected chi connectivity index (χ2v) is 5.13. The van der Waals surface area contributed by atoms with Gasteiger partial charge in [-0.3, -0.25) is 18.8 Å². The van der Waals surface area contributed by atoms with Crippen LogP contribution < -0.4 is 5.56 Å². The number of aliphatic carboxylic acids is 1. The highest BCUT2D eigenvalue weighted by Crippen LogP contribution is 2.42. The summed E-state index contributed by atoms with van der Waals surface area (Å²) in [6.45, 7) is 1.54. The monoisotopic (exact) mass is 261 g/mol. The van der Waals surface area contributed by atoms with Crippen LogP contribution in [-0.4, -0.2) is 25.4 Å². The molecule has 1 saturated carbocycles. The van der Waals surface area contributed by atoms with E-state index < -0.39 is 5.97 Å².